The van der Waals surface area contributed by atoms with Gasteiger partial charge in [0.1, 0.15) is 5.65 Å². The van der Waals surface area contributed by atoms with Gasteiger partial charge in [-0.15, -0.1) is 0 Å². The number of benzene rings is 1. The van der Waals surface area contributed by atoms with Crippen molar-refractivity contribution >= 4 is 5.65 Å². The van der Waals surface area contributed by atoms with Crippen LogP contribution in [-0.2, 0) is 0 Å². The molecule has 2 N–H and O–H groups in total. The van der Waals surface area contributed by atoms with Gasteiger partial charge >= 0.3 is 0 Å². The molecule has 0 saturated heterocycles. The molecule has 3 rings (SSSR count). The third kappa shape index (κ3) is 2.02. The lowest BCUT2D eigenvalue weighted by molar-refractivity contribution is 0.804. The molecule has 19 heavy (non-hydrogen) atoms. The van der Waals surface area contributed by atoms with E-state index >= 15 is 0 Å². The third-order valence-electron chi connectivity index (χ3n) is 3.44. The number of hydrogen-bond donors (Lipinski definition) is 1. The van der Waals surface area contributed by atoms with E-state index in [-0.39, 0.29) is 6.04 Å². The van der Waals surface area contributed by atoms with Gasteiger partial charge < -0.3 is 10.1 Å². The summed E-state index contributed by atoms with van der Waals surface area (Å²) in [6.07, 6.45) is 2.09. The minimum atomic E-state index is -0.155. The molecule has 0 aliphatic carbocycles. The Hall–Kier alpha value is -2.13. The summed E-state index contributed by atoms with van der Waals surface area (Å²) in [7, 11) is 0. The Morgan fingerprint density at radius 1 is 1.05 bits per heavy atom. The van der Waals surface area contributed by atoms with Crippen molar-refractivity contribution in [3.8, 4) is 0 Å². The number of fused-ring (bicyclic) bond motifs is 1. The Kier molecular flexibility index (Phi) is 2.84. The van der Waals surface area contributed by atoms with Gasteiger partial charge in [0.15, 0.2) is 0 Å². The zero-order valence-electron chi connectivity index (χ0n) is 11.2. The second kappa shape index (κ2) is 4.52. The summed E-state index contributed by atoms with van der Waals surface area (Å²) >= 11 is 0. The molecule has 0 bridgehead atoms. The number of imidazole rings is 1. The van der Waals surface area contributed by atoms with Crippen molar-refractivity contribution in [2.75, 3.05) is 0 Å². The standard InChI is InChI=1S/C16H17N3/c1-11-8-9-14-18-12(2)16(19(14)10-11)15(17)13-6-4-3-5-7-13/h3-10,15H,17H2,1-2H3. The maximum Gasteiger partial charge on any atom is 0.137 e. The largest absolute Gasteiger partial charge is 0.319 e. The minimum Gasteiger partial charge on any atom is -0.319 e. The Morgan fingerprint density at radius 2 is 1.79 bits per heavy atom. The smallest absolute Gasteiger partial charge is 0.137 e. The molecule has 1 atom stereocenters. The zero-order valence-corrected chi connectivity index (χ0v) is 11.2. The lowest BCUT2D eigenvalue weighted by Gasteiger charge is -2.13. The summed E-state index contributed by atoms with van der Waals surface area (Å²) in [5, 5.41) is 0. The first-order valence-electron chi connectivity index (χ1n) is 6.42. The topological polar surface area (TPSA) is 43.3 Å². The second-order valence-corrected chi connectivity index (χ2v) is 4.91. The normalized spacial score (nSPS) is 12.8. The van der Waals surface area contributed by atoms with E-state index in [4.69, 9.17) is 5.73 Å². The van der Waals surface area contributed by atoms with Crippen LogP contribution in [0.4, 0.5) is 0 Å². The first-order valence-corrected chi connectivity index (χ1v) is 6.42. The number of hydrogen-bond acceptors (Lipinski definition) is 2. The van der Waals surface area contributed by atoms with Gasteiger partial charge in [-0.05, 0) is 31.0 Å². The van der Waals surface area contributed by atoms with Gasteiger partial charge in [-0.3, -0.25) is 0 Å². The third-order valence-corrected chi connectivity index (χ3v) is 3.44. The van der Waals surface area contributed by atoms with Crippen LogP contribution in [-0.4, -0.2) is 9.38 Å². The first kappa shape index (κ1) is 11.9. The number of rotatable bonds is 2. The van der Waals surface area contributed by atoms with Crippen LogP contribution < -0.4 is 5.73 Å². The van der Waals surface area contributed by atoms with Crippen LogP contribution in [0.15, 0.2) is 48.7 Å². The van der Waals surface area contributed by atoms with Gasteiger partial charge in [-0.1, -0.05) is 36.4 Å². The van der Waals surface area contributed by atoms with E-state index < -0.39 is 0 Å². The van der Waals surface area contributed by atoms with Crippen LogP contribution in [0, 0.1) is 13.8 Å². The number of nitrogens with two attached hydrogens (primary N) is 1. The lowest BCUT2D eigenvalue weighted by Crippen LogP contribution is -2.15. The van der Waals surface area contributed by atoms with Crippen LogP contribution in [0.2, 0.25) is 0 Å². The van der Waals surface area contributed by atoms with Gasteiger partial charge in [0.2, 0.25) is 0 Å². The molecule has 2 heterocycles. The van der Waals surface area contributed by atoms with Crippen LogP contribution >= 0.6 is 0 Å². The van der Waals surface area contributed by atoms with Crippen LogP contribution in [0.1, 0.15) is 28.6 Å². The number of aromatic nitrogens is 2. The molecule has 3 heteroatoms. The maximum atomic E-state index is 6.42. The Balaban J connectivity index is 2.19. The van der Waals surface area contributed by atoms with Crippen molar-refractivity contribution in [2.45, 2.75) is 19.9 Å². The van der Waals surface area contributed by atoms with Crippen LogP contribution in [0.5, 0.6) is 0 Å². The highest BCUT2D eigenvalue weighted by molar-refractivity contribution is 5.46. The molecule has 0 spiro atoms. The van der Waals surface area contributed by atoms with E-state index in [1.807, 2.05) is 31.2 Å². The van der Waals surface area contributed by atoms with Crippen molar-refractivity contribution < 1.29 is 0 Å². The van der Waals surface area contributed by atoms with E-state index in [1.165, 1.54) is 5.56 Å². The number of nitrogens with zero attached hydrogens (tertiary/aromatic N) is 2. The van der Waals surface area contributed by atoms with Crippen molar-refractivity contribution in [1.82, 2.24) is 9.38 Å². The summed E-state index contributed by atoms with van der Waals surface area (Å²) in [6.45, 7) is 4.09. The van der Waals surface area contributed by atoms with E-state index in [9.17, 15) is 0 Å². The molecule has 0 amide bonds. The summed E-state index contributed by atoms with van der Waals surface area (Å²) in [6, 6.07) is 14.1. The van der Waals surface area contributed by atoms with E-state index in [0.717, 1.165) is 22.6 Å². The molecule has 1 unspecified atom stereocenters. The fourth-order valence-electron chi connectivity index (χ4n) is 2.48. The number of aryl methyl sites for hydroxylation is 2. The van der Waals surface area contributed by atoms with E-state index in [0.29, 0.717) is 0 Å². The van der Waals surface area contributed by atoms with Crippen molar-refractivity contribution in [3.63, 3.8) is 0 Å². The lowest BCUT2D eigenvalue weighted by atomic mass is 10.0. The quantitative estimate of drug-likeness (QED) is 0.761. The molecule has 1 aromatic carbocycles. The Labute approximate surface area is 112 Å². The zero-order chi connectivity index (χ0) is 13.4. The monoisotopic (exact) mass is 251 g/mol. The van der Waals surface area contributed by atoms with E-state index in [1.54, 1.807) is 0 Å². The maximum absolute atomic E-state index is 6.42. The van der Waals surface area contributed by atoms with Crippen LogP contribution in [0.25, 0.3) is 5.65 Å². The molecule has 0 aliphatic heterocycles. The van der Waals surface area contributed by atoms with Crippen LogP contribution in [0.3, 0.4) is 0 Å². The molecular formula is C16H17N3. The molecule has 0 aliphatic rings. The molecule has 0 radical (unpaired) electrons. The van der Waals surface area contributed by atoms with Gasteiger partial charge in [0.25, 0.3) is 0 Å². The average molecular weight is 251 g/mol. The summed E-state index contributed by atoms with van der Waals surface area (Å²) in [5.41, 5.74) is 11.7. The van der Waals surface area contributed by atoms with Crippen molar-refractivity contribution in [1.29, 1.82) is 0 Å². The number of pyridine rings is 1. The molecule has 3 aromatic rings. The molecule has 0 fully saturated rings. The summed E-state index contributed by atoms with van der Waals surface area (Å²) in [4.78, 5) is 4.58. The van der Waals surface area contributed by atoms with Gasteiger partial charge in [0.05, 0.1) is 17.4 Å². The van der Waals surface area contributed by atoms with Gasteiger partial charge in [-0.2, -0.15) is 0 Å². The summed E-state index contributed by atoms with van der Waals surface area (Å²) < 4.78 is 2.10. The molecule has 0 saturated carbocycles. The molecular weight excluding hydrogens is 234 g/mol. The fraction of sp³-hybridized carbons (Fsp3) is 0.188. The molecule has 2 aromatic heterocycles. The fourth-order valence-corrected chi connectivity index (χ4v) is 2.48. The van der Waals surface area contributed by atoms with Gasteiger partial charge in [-0.25, -0.2) is 4.98 Å². The van der Waals surface area contributed by atoms with E-state index in [2.05, 4.69) is 40.7 Å². The molecule has 3 nitrogen and oxygen atoms in total. The summed E-state index contributed by atoms with van der Waals surface area (Å²) in [5.74, 6) is 0. The first-order chi connectivity index (χ1) is 9.16. The minimum absolute atomic E-state index is 0.155. The highest BCUT2D eigenvalue weighted by Gasteiger charge is 2.17. The highest BCUT2D eigenvalue weighted by Crippen LogP contribution is 2.24. The second-order valence-electron chi connectivity index (χ2n) is 4.91. The predicted molar refractivity (Wildman–Crippen MR) is 77.1 cm³/mol. The van der Waals surface area contributed by atoms with Crippen molar-refractivity contribution in [2.24, 2.45) is 5.73 Å². The molecule has 96 valence electrons. The average Bonchev–Trinajstić information content (AvgIpc) is 2.74. The van der Waals surface area contributed by atoms with Gasteiger partial charge in [0, 0.05) is 6.20 Å². The predicted octanol–water partition coefficient (Wildman–Crippen LogP) is 3.00. The Morgan fingerprint density at radius 3 is 2.53 bits per heavy atom. The SMILES string of the molecule is Cc1ccc2nc(C)c(C(N)c3ccccc3)n2c1. The van der Waals surface area contributed by atoms with Crippen molar-refractivity contribution in [3.05, 3.63) is 71.2 Å². The Bertz CT molecular complexity index is 713. The highest BCUT2D eigenvalue weighted by atomic mass is 15.0.